The van der Waals surface area contributed by atoms with Gasteiger partial charge in [-0.25, -0.2) is 4.98 Å². The first-order valence-electron chi connectivity index (χ1n) is 8.39. The van der Waals surface area contributed by atoms with E-state index in [-0.39, 0.29) is 5.43 Å². The molecule has 6 nitrogen and oxygen atoms in total. The number of rotatable bonds is 5. The van der Waals surface area contributed by atoms with Gasteiger partial charge in [0.1, 0.15) is 23.6 Å². The SMILES string of the molecule is CN(C)CCOc1ccc2oc(-c3cc4cccn4cn3)cc(=O)c2c1. The van der Waals surface area contributed by atoms with Crippen LogP contribution in [-0.4, -0.2) is 41.5 Å². The largest absolute Gasteiger partial charge is 0.492 e. The number of nitrogens with zero attached hydrogens (tertiary/aromatic N) is 3. The van der Waals surface area contributed by atoms with Crippen LogP contribution in [0.25, 0.3) is 27.9 Å². The molecular weight excluding hydrogens is 330 g/mol. The predicted molar refractivity (Wildman–Crippen MR) is 101 cm³/mol. The zero-order valence-electron chi connectivity index (χ0n) is 14.7. The Labute approximate surface area is 150 Å². The summed E-state index contributed by atoms with van der Waals surface area (Å²) >= 11 is 0. The Hall–Kier alpha value is -3.12. The second-order valence-electron chi connectivity index (χ2n) is 6.40. The third kappa shape index (κ3) is 3.19. The molecule has 0 spiro atoms. The van der Waals surface area contributed by atoms with Crippen molar-refractivity contribution in [2.45, 2.75) is 0 Å². The van der Waals surface area contributed by atoms with E-state index in [1.807, 2.05) is 53.9 Å². The zero-order valence-corrected chi connectivity index (χ0v) is 14.7. The van der Waals surface area contributed by atoms with E-state index in [1.165, 1.54) is 6.07 Å². The summed E-state index contributed by atoms with van der Waals surface area (Å²) < 4.78 is 13.5. The Morgan fingerprint density at radius 3 is 2.92 bits per heavy atom. The molecule has 0 saturated heterocycles. The predicted octanol–water partition coefficient (Wildman–Crippen LogP) is 3.05. The van der Waals surface area contributed by atoms with Crippen molar-refractivity contribution in [1.82, 2.24) is 14.3 Å². The van der Waals surface area contributed by atoms with Gasteiger partial charge in [0.15, 0.2) is 11.2 Å². The van der Waals surface area contributed by atoms with E-state index in [1.54, 1.807) is 18.5 Å². The second kappa shape index (κ2) is 6.65. The van der Waals surface area contributed by atoms with Gasteiger partial charge in [0, 0.05) is 24.3 Å². The standard InChI is InChI=1S/C20H19N3O3/c1-22(2)8-9-25-15-5-6-19-16(11-15)18(24)12-20(26-19)17-10-14-4-3-7-23(14)13-21-17/h3-7,10-13H,8-9H2,1-2H3. The summed E-state index contributed by atoms with van der Waals surface area (Å²) in [6.07, 6.45) is 3.62. The second-order valence-corrected chi connectivity index (χ2v) is 6.40. The van der Waals surface area contributed by atoms with Gasteiger partial charge in [-0.15, -0.1) is 0 Å². The molecule has 4 aromatic rings. The first kappa shape index (κ1) is 16.4. The van der Waals surface area contributed by atoms with E-state index in [9.17, 15) is 4.79 Å². The normalized spacial score (nSPS) is 11.5. The number of hydrogen-bond acceptors (Lipinski definition) is 5. The molecule has 0 atom stereocenters. The lowest BCUT2D eigenvalue weighted by atomic mass is 10.2. The summed E-state index contributed by atoms with van der Waals surface area (Å²) in [4.78, 5) is 19.0. The van der Waals surface area contributed by atoms with Crippen LogP contribution in [-0.2, 0) is 0 Å². The fourth-order valence-corrected chi connectivity index (χ4v) is 2.77. The van der Waals surface area contributed by atoms with Crippen molar-refractivity contribution in [3.8, 4) is 17.2 Å². The maximum Gasteiger partial charge on any atom is 0.193 e. The lowest BCUT2D eigenvalue weighted by molar-refractivity contribution is 0.261. The number of benzene rings is 1. The molecule has 3 heterocycles. The summed E-state index contributed by atoms with van der Waals surface area (Å²) in [7, 11) is 3.97. The van der Waals surface area contributed by atoms with Crippen molar-refractivity contribution in [2.75, 3.05) is 27.2 Å². The Balaban J connectivity index is 1.69. The maximum absolute atomic E-state index is 12.6. The highest BCUT2D eigenvalue weighted by molar-refractivity contribution is 5.80. The van der Waals surface area contributed by atoms with E-state index in [0.29, 0.717) is 34.8 Å². The lowest BCUT2D eigenvalue weighted by Crippen LogP contribution is -2.19. The number of aromatic nitrogens is 2. The minimum Gasteiger partial charge on any atom is -0.492 e. The molecule has 0 amide bonds. The summed E-state index contributed by atoms with van der Waals surface area (Å²) in [6, 6.07) is 12.6. The van der Waals surface area contributed by atoms with E-state index in [2.05, 4.69) is 4.98 Å². The highest BCUT2D eigenvalue weighted by atomic mass is 16.5. The molecule has 132 valence electrons. The Bertz CT molecular complexity index is 1130. The summed E-state index contributed by atoms with van der Waals surface area (Å²) in [5.74, 6) is 1.11. The maximum atomic E-state index is 12.6. The lowest BCUT2D eigenvalue weighted by Gasteiger charge is -2.11. The van der Waals surface area contributed by atoms with Crippen molar-refractivity contribution >= 4 is 16.5 Å². The highest BCUT2D eigenvalue weighted by Crippen LogP contribution is 2.24. The van der Waals surface area contributed by atoms with E-state index < -0.39 is 0 Å². The first-order chi connectivity index (χ1) is 12.6. The smallest absolute Gasteiger partial charge is 0.193 e. The third-order valence-corrected chi connectivity index (χ3v) is 4.18. The Morgan fingerprint density at radius 2 is 2.08 bits per heavy atom. The fourth-order valence-electron chi connectivity index (χ4n) is 2.77. The van der Waals surface area contributed by atoms with Crippen LogP contribution in [0.2, 0.25) is 0 Å². The summed E-state index contributed by atoms with van der Waals surface area (Å²) in [6.45, 7) is 1.36. The quantitative estimate of drug-likeness (QED) is 0.554. The van der Waals surface area contributed by atoms with Crippen molar-refractivity contribution in [2.24, 2.45) is 0 Å². The van der Waals surface area contributed by atoms with Crippen LogP contribution in [0.1, 0.15) is 0 Å². The van der Waals surface area contributed by atoms with Gasteiger partial charge < -0.3 is 18.5 Å². The van der Waals surface area contributed by atoms with Crippen LogP contribution >= 0.6 is 0 Å². The molecule has 6 heteroatoms. The van der Waals surface area contributed by atoms with Crippen molar-refractivity contribution in [3.05, 3.63) is 65.2 Å². The fraction of sp³-hybridized carbons (Fsp3) is 0.200. The van der Waals surface area contributed by atoms with Gasteiger partial charge in [0.2, 0.25) is 0 Å². The molecule has 26 heavy (non-hydrogen) atoms. The molecule has 3 aromatic heterocycles. The Morgan fingerprint density at radius 1 is 1.19 bits per heavy atom. The van der Waals surface area contributed by atoms with Crippen molar-refractivity contribution < 1.29 is 9.15 Å². The van der Waals surface area contributed by atoms with Crippen LogP contribution in [0.15, 0.2) is 64.2 Å². The van der Waals surface area contributed by atoms with Crippen LogP contribution in [0.3, 0.4) is 0 Å². The van der Waals surface area contributed by atoms with Crippen molar-refractivity contribution in [3.63, 3.8) is 0 Å². The molecule has 0 unspecified atom stereocenters. The van der Waals surface area contributed by atoms with Crippen LogP contribution in [0.5, 0.6) is 5.75 Å². The molecule has 4 rings (SSSR count). The molecule has 0 N–H and O–H groups in total. The van der Waals surface area contributed by atoms with Gasteiger partial charge in [-0.2, -0.15) is 0 Å². The molecule has 0 radical (unpaired) electrons. The van der Waals surface area contributed by atoms with Gasteiger partial charge in [0.25, 0.3) is 0 Å². The Kier molecular flexibility index (Phi) is 4.18. The minimum atomic E-state index is -0.114. The van der Waals surface area contributed by atoms with Crippen LogP contribution in [0, 0.1) is 0 Å². The van der Waals surface area contributed by atoms with Gasteiger partial charge in [-0.3, -0.25) is 4.79 Å². The first-order valence-corrected chi connectivity index (χ1v) is 8.39. The third-order valence-electron chi connectivity index (χ3n) is 4.18. The van der Waals surface area contributed by atoms with Crippen LogP contribution in [0.4, 0.5) is 0 Å². The molecule has 0 fully saturated rings. The number of ether oxygens (including phenoxy) is 1. The molecule has 0 aliphatic carbocycles. The minimum absolute atomic E-state index is 0.114. The molecular formula is C20H19N3O3. The monoisotopic (exact) mass is 349 g/mol. The van der Waals surface area contributed by atoms with E-state index in [0.717, 1.165) is 12.1 Å². The molecule has 0 aliphatic rings. The van der Waals surface area contributed by atoms with E-state index in [4.69, 9.17) is 9.15 Å². The molecule has 0 aliphatic heterocycles. The molecule has 1 aromatic carbocycles. The van der Waals surface area contributed by atoms with Crippen LogP contribution < -0.4 is 10.2 Å². The molecule has 0 bridgehead atoms. The zero-order chi connectivity index (χ0) is 18.1. The average molecular weight is 349 g/mol. The summed E-state index contributed by atoms with van der Waals surface area (Å²) in [5, 5.41) is 0.500. The van der Waals surface area contributed by atoms with Gasteiger partial charge >= 0.3 is 0 Å². The average Bonchev–Trinajstić information content (AvgIpc) is 3.09. The van der Waals surface area contributed by atoms with Crippen molar-refractivity contribution in [1.29, 1.82) is 0 Å². The summed E-state index contributed by atoms with van der Waals surface area (Å²) in [5.41, 5.74) is 2.02. The van der Waals surface area contributed by atoms with Gasteiger partial charge in [-0.05, 0) is 50.5 Å². The topological polar surface area (TPSA) is 60.0 Å². The number of fused-ring (bicyclic) bond motifs is 2. The van der Waals surface area contributed by atoms with Gasteiger partial charge in [-0.1, -0.05) is 0 Å². The molecule has 0 saturated carbocycles. The van der Waals surface area contributed by atoms with Gasteiger partial charge in [0.05, 0.1) is 11.7 Å². The number of likely N-dealkylation sites (N-methyl/N-ethyl adjacent to an activating group) is 1. The van der Waals surface area contributed by atoms with E-state index >= 15 is 0 Å². The highest BCUT2D eigenvalue weighted by Gasteiger charge is 2.10. The number of hydrogen-bond donors (Lipinski definition) is 0.